The fraction of sp³-hybridized carbons (Fsp3) is 0.583. The maximum absolute atomic E-state index is 10.6. The zero-order valence-electron chi connectivity index (χ0n) is 9.32. The number of carbonyl (C=O) groups excluding carboxylic acids is 1. The lowest BCUT2D eigenvalue weighted by molar-refractivity contribution is 0.112. The van der Waals surface area contributed by atoms with E-state index in [0.717, 1.165) is 24.3 Å². The molecule has 1 saturated heterocycles. The SMILES string of the molecule is CC1(C)CCCN(c2csc(C=O)c2)C1. The molecule has 0 unspecified atom stereocenters. The molecule has 2 rings (SSSR count). The highest BCUT2D eigenvalue weighted by Crippen LogP contribution is 2.33. The van der Waals surface area contributed by atoms with Crippen LogP contribution >= 0.6 is 11.3 Å². The highest BCUT2D eigenvalue weighted by molar-refractivity contribution is 7.12. The van der Waals surface area contributed by atoms with E-state index in [-0.39, 0.29) is 0 Å². The minimum absolute atomic E-state index is 0.404. The largest absolute Gasteiger partial charge is 0.370 e. The van der Waals surface area contributed by atoms with Gasteiger partial charge in [-0.3, -0.25) is 4.79 Å². The Bertz CT molecular complexity index is 356. The fourth-order valence-electron chi connectivity index (χ4n) is 2.21. The third-order valence-electron chi connectivity index (χ3n) is 2.99. The van der Waals surface area contributed by atoms with E-state index in [0.29, 0.717) is 5.41 Å². The molecule has 0 aliphatic carbocycles. The highest BCUT2D eigenvalue weighted by atomic mass is 32.1. The summed E-state index contributed by atoms with van der Waals surface area (Å²) in [6.07, 6.45) is 3.48. The standard InChI is InChI=1S/C12H17NOS/c1-12(2)4-3-5-13(9-12)10-6-11(7-14)15-8-10/h6-8H,3-5,9H2,1-2H3. The molecular formula is C12H17NOS. The van der Waals surface area contributed by atoms with Crippen LogP contribution in [0.4, 0.5) is 5.69 Å². The average Bonchev–Trinajstić information content (AvgIpc) is 2.64. The Kier molecular flexibility index (Phi) is 2.83. The van der Waals surface area contributed by atoms with Crippen molar-refractivity contribution in [3.63, 3.8) is 0 Å². The van der Waals surface area contributed by atoms with Crippen molar-refractivity contribution >= 4 is 23.3 Å². The van der Waals surface area contributed by atoms with Crippen LogP contribution in [0.5, 0.6) is 0 Å². The molecule has 1 aromatic rings. The van der Waals surface area contributed by atoms with Crippen molar-refractivity contribution in [1.82, 2.24) is 0 Å². The number of hydrogen-bond donors (Lipinski definition) is 0. The number of piperidine rings is 1. The molecule has 0 saturated carbocycles. The predicted octanol–water partition coefficient (Wildman–Crippen LogP) is 3.19. The van der Waals surface area contributed by atoms with Crippen LogP contribution in [0, 0.1) is 5.41 Å². The first kappa shape index (κ1) is 10.7. The molecule has 1 aliphatic heterocycles. The summed E-state index contributed by atoms with van der Waals surface area (Å²) in [5, 5.41) is 2.09. The number of rotatable bonds is 2. The second-order valence-electron chi connectivity index (χ2n) is 5.01. The number of thiophene rings is 1. The highest BCUT2D eigenvalue weighted by Gasteiger charge is 2.26. The number of anilines is 1. The molecule has 2 nitrogen and oxygen atoms in total. The molecule has 0 amide bonds. The molecule has 0 atom stereocenters. The van der Waals surface area contributed by atoms with Crippen LogP contribution in [0.2, 0.25) is 0 Å². The fourth-order valence-corrected chi connectivity index (χ4v) is 2.93. The summed E-state index contributed by atoms with van der Waals surface area (Å²) in [7, 11) is 0. The summed E-state index contributed by atoms with van der Waals surface area (Å²) < 4.78 is 0. The van der Waals surface area contributed by atoms with Crippen molar-refractivity contribution in [2.24, 2.45) is 5.41 Å². The van der Waals surface area contributed by atoms with Gasteiger partial charge in [-0.25, -0.2) is 0 Å². The van der Waals surface area contributed by atoms with Crippen LogP contribution in [-0.2, 0) is 0 Å². The van der Waals surface area contributed by atoms with Crippen molar-refractivity contribution in [1.29, 1.82) is 0 Å². The first-order chi connectivity index (χ1) is 7.11. The van der Waals surface area contributed by atoms with Gasteiger partial charge in [-0.05, 0) is 24.3 Å². The Morgan fingerprint density at radius 1 is 1.53 bits per heavy atom. The van der Waals surface area contributed by atoms with E-state index in [4.69, 9.17) is 0 Å². The molecule has 2 heterocycles. The molecule has 0 N–H and O–H groups in total. The van der Waals surface area contributed by atoms with Gasteiger partial charge in [-0.1, -0.05) is 13.8 Å². The van der Waals surface area contributed by atoms with Crippen molar-refractivity contribution in [3.05, 3.63) is 16.3 Å². The van der Waals surface area contributed by atoms with E-state index in [9.17, 15) is 4.79 Å². The Morgan fingerprint density at radius 3 is 2.93 bits per heavy atom. The number of hydrogen-bond acceptors (Lipinski definition) is 3. The Morgan fingerprint density at radius 2 is 2.33 bits per heavy atom. The summed E-state index contributed by atoms with van der Waals surface area (Å²) in [6.45, 7) is 6.85. The number of carbonyl (C=O) groups is 1. The van der Waals surface area contributed by atoms with Gasteiger partial charge in [0.05, 0.1) is 4.88 Å². The maximum Gasteiger partial charge on any atom is 0.160 e. The molecule has 0 spiro atoms. The zero-order chi connectivity index (χ0) is 10.9. The van der Waals surface area contributed by atoms with Crippen molar-refractivity contribution in [3.8, 4) is 0 Å². The van der Waals surface area contributed by atoms with E-state index < -0.39 is 0 Å². The van der Waals surface area contributed by atoms with Crippen molar-refractivity contribution < 1.29 is 4.79 Å². The van der Waals surface area contributed by atoms with Gasteiger partial charge in [0.1, 0.15) is 0 Å². The molecular weight excluding hydrogens is 206 g/mol. The first-order valence-electron chi connectivity index (χ1n) is 5.39. The lowest BCUT2D eigenvalue weighted by atomic mass is 9.84. The summed E-state index contributed by atoms with van der Waals surface area (Å²) in [5.74, 6) is 0. The molecule has 0 aromatic carbocycles. The van der Waals surface area contributed by atoms with Crippen LogP contribution in [0.15, 0.2) is 11.4 Å². The number of aldehydes is 1. The van der Waals surface area contributed by atoms with E-state index in [1.807, 2.05) is 6.07 Å². The monoisotopic (exact) mass is 223 g/mol. The first-order valence-corrected chi connectivity index (χ1v) is 6.27. The molecule has 1 fully saturated rings. The Labute approximate surface area is 94.9 Å². The third kappa shape index (κ3) is 2.40. The van der Waals surface area contributed by atoms with E-state index in [1.54, 1.807) is 0 Å². The van der Waals surface area contributed by atoms with Gasteiger partial charge >= 0.3 is 0 Å². The Hall–Kier alpha value is -0.830. The lowest BCUT2D eigenvalue weighted by Crippen LogP contribution is -2.39. The summed E-state index contributed by atoms with van der Waals surface area (Å²) in [5.41, 5.74) is 1.62. The maximum atomic E-state index is 10.6. The van der Waals surface area contributed by atoms with Crippen LogP contribution in [0.1, 0.15) is 36.4 Å². The number of nitrogens with zero attached hydrogens (tertiary/aromatic N) is 1. The average molecular weight is 223 g/mol. The predicted molar refractivity (Wildman–Crippen MR) is 64.9 cm³/mol. The van der Waals surface area contributed by atoms with Gasteiger partial charge in [0.2, 0.25) is 0 Å². The topological polar surface area (TPSA) is 20.3 Å². The van der Waals surface area contributed by atoms with Gasteiger partial charge < -0.3 is 4.90 Å². The molecule has 15 heavy (non-hydrogen) atoms. The molecule has 0 bridgehead atoms. The molecule has 82 valence electrons. The van der Waals surface area contributed by atoms with Gasteiger partial charge in [-0.2, -0.15) is 0 Å². The second-order valence-corrected chi connectivity index (χ2v) is 5.96. The van der Waals surface area contributed by atoms with E-state index in [1.165, 1.54) is 29.9 Å². The van der Waals surface area contributed by atoms with Crippen LogP contribution in [0.25, 0.3) is 0 Å². The van der Waals surface area contributed by atoms with Gasteiger partial charge in [0, 0.05) is 24.2 Å². The van der Waals surface area contributed by atoms with Crippen molar-refractivity contribution in [2.45, 2.75) is 26.7 Å². The van der Waals surface area contributed by atoms with Crippen LogP contribution in [0.3, 0.4) is 0 Å². The minimum atomic E-state index is 0.404. The van der Waals surface area contributed by atoms with Crippen LogP contribution in [-0.4, -0.2) is 19.4 Å². The van der Waals surface area contributed by atoms with Gasteiger partial charge in [0.15, 0.2) is 6.29 Å². The zero-order valence-corrected chi connectivity index (χ0v) is 10.1. The summed E-state index contributed by atoms with van der Waals surface area (Å²) in [4.78, 5) is 13.8. The minimum Gasteiger partial charge on any atom is -0.370 e. The third-order valence-corrected chi connectivity index (χ3v) is 3.83. The summed E-state index contributed by atoms with van der Waals surface area (Å²) >= 11 is 1.53. The molecule has 3 heteroatoms. The molecule has 1 aliphatic rings. The van der Waals surface area contributed by atoms with E-state index >= 15 is 0 Å². The van der Waals surface area contributed by atoms with Crippen molar-refractivity contribution in [2.75, 3.05) is 18.0 Å². The molecule has 1 aromatic heterocycles. The summed E-state index contributed by atoms with van der Waals surface area (Å²) in [6, 6.07) is 2.00. The van der Waals surface area contributed by atoms with E-state index in [2.05, 4.69) is 24.1 Å². The molecule has 0 radical (unpaired) electrons. The quantitative estimate of drug-likeness (QED) is 0.718. The normalized spacial score (nSPS) is 20.3. The van der Waals surface area contributed by atoms with Gasteiger partial charge in [-0.15, -0.1) is 11.3 Å². The van der Waals surface area contributed by atoms with Gasteiger partial charge in [0.25, 0.3) is 0 Å². The smallest absolute Gasteiger partial charge is 0.160 e. The van der Waals surface area contributed by atoms with Crippen LogP contribution < -0.4 is 4.90 Å². The lowest BCUT2D eigenvalue weighted by Gasteiger charge is -2.38. The Balaban J connectivity index is 2.13. The second kappa shape index (κ2) is 3.97.